The number of hydrogen-bond donors (Lipinski definition) is 3. The van der Waals surface area contributed by atoms with E-state index in [-0.39, 0.29) is 12.3 Å². The third-order valence-corrected chi connectivity index (χ3v) is 4.92. The van der Waals surface area contributed by atoms with Crippen LogP contribution in [0.25, 0.3) is 0 Å². The summed E-state index contributed by atoms with van der Waals surface area (Å²) in [5, 5.41) is -1.19. The number of esters is 1. The van der Waals surface area contributed by atoms with Crippen LogP contribution in [-0.2, 0) is 19.6 Å². The Hall–Kier alpha value is -1.71. The van der Waals surface area contributed by atoms with Crippen LogP contribution in [0.3, 0.4) is 0 Å². The number of carbonyl (C=O) groups excluding carboxylic acids is 1. The van der Waals surface area contributed by atoms with Crippen molar-refractivity contribution in [3.05, 3.63) is 30.1 Å². The van der Waals surface area contributed by atoms with E-state index in [0.29, 0.717) is 0 Å². The second kappa shape index (κ2) is 6.59. The highest BCUT2D eigenvalue weighted by atomic mass is 32.2. The lowest BCUT2D eigenvalue weighted by Crippen LogP contribution is -2.44. The molecule has 22 heavy (non-hydrogen) atoms. The summed E-state index contributed by atoms with van der Waals surface area (Å²) in [4.78, 5) is 12.0. The Morgan fingerprint density at radius 2 is 1.95 bits per heavy atom. The number of nitrogens with one attached hydrogen (secondary N) is 3. The monoisotopic (exact) mass is 331 g/mol. The molecule has 1 fully saturated rings. The maximum Gasteiger partial charge on any atom is 0.313 e. The highest BCUT2D eigenvalue weighted by Gasteiger charge is 2.46. The standard InChI is InChI=1S/C13H18FN3O4S/c1-3-21-13(18)11-8(2)15-16-12(11)22(19,20)17-10-6-4-9(14)5-7-10/h4-8,11-12,15-17H,3H2,1-2H3. The summed E-state index contributed by atoms with van der Waals surface area (Å²) in [6, 6.07) is 4.48. The molecule has 1 aromatic carbocycles. The quantitative estimate of drug-likeness (QED) is 0.683. The molecule has 0 saturated carbocycles. The number of hydrogen-bond acceptors (Lipinski definition) is 6. The normalized spacial score (nSPS) is 25.0. The van der Waals surface area contributed by atoms with E-state index in [1.165, 1.54) is 12.1 Å². The Morgan fingerprint density at radius 1 is 1.32 bits per heavy atom. The minimum Gasteiger partial charge on any atom is -0.466 e. The summed E-state index contributed by atoms with van der Waals surface area (Å²) < 4.78 is 45.0. The minimum atomic E-state index is -3.92. The molecule has 2 rings (SSSR count). The summed E-state index contributed by atoms with van der Waals surface area (Å²) in [6.07, 6.45) is 0. The molecule has 1 heterocycles. The van der Waals surface area contributed by atoms with E-state index in [0.717, 1.165) is 12.1 Å². The van der Waals surface area contributed by atoms with Crippen LogP contribution in [0.15, 0.2) is 24.3 Å². The van der Waals surface area contributed by atoms with Crippen LogP contribution in [0.1, 0.15) is 13.8 Å². The largest absolute Gasteiger partial charge is 0.466 e. The highest BCUT2D eigenvalue weighted by molar-refractivity contribution is 7.93. The van der Waals surface area contributed by atoms with Crippen molar-refractivity contribution in [3.63, 3.8) is 0 Å². The maximum atomic E-state index is 12.9. The van der Waals surface area contributed by atoms with Gasteiger partial charge in [0, 0.05) is 11.7 Å². The van der Waals surface area contributed by atoms with E-state index in [9.17, 15) is 17.6 Å². The van der Waals surface area contributed by atoms with Gasteiger partial charge in [0.05, 0.1) is 6.61 Å². The zero-order valence-corrected chi connectivity index (χ0v) is 13.0. The predicted molar refractivity (Wildman–Crippen MR) is 78.6 cm³/mol. The number of hydrazine groups is 1. The molecule has 3 unspecified atom stereocenters. The van der Waals surface area contributed by atoms with Crippen LogP contribution in [0.4, 0.5) is 10.1 Å². The van der Waals surface area contributed by atoms with Gasteiger partial charge in [0.1, 0.15) is 11.7 Å². The fourth-order valence-corrected chi connectivity index (χ4v) is 3.79. The molecular formula is C13H18FN3O4S. The molecule has 9 heteroatoms. The molecule has 0 bridgehead atoms. The van der Waals surface area contributed by atoms with Gasteiger partial charge < -0.3 is 4.74 Å². The first-order valence-electron chi connectivity index (χ1n) is 6.80. The fraction of sp³-hybridized carbons (Fsp3) is 0.462. The van der Waals surface area contributed by atoms with Gasteiger partial charge in [-0.1, -0.05) is 0 Å². The Kier molecular flexibility index (Phi) is 4.99. The lowest BCUT2D eigenvalue weighted by Gasteiger charge is -2.20. The van der Waals surface area contributed by atoms with Crippen molar-refractivity contribution in [2.45, 2.75) is 25.3 Å². The average molecular weight is 331 g/mol. The molecule has 0 aromatic heterocycles. The van der Waals surface area contributed by atoms with Crippen molar-refractivity contribution in [1.29, 1.82) is 0 Å². The Bertz CT molecular complexity index is 635. The van der Waals surface area contributed by atoms with Crippen LogP contribution < -0.4 is 15.6 Å². The predicted octanol–water partition coefficient (Wildman–Crippen LogP) is 0.569. The molecule has 3 atom stereocenters. The fourth-order valence-electron chi connectivity index (χ4n) is 2.24. The first kappa shape index (κ1) is 16.7. The van der Waals surface area contributed by atoms with Crippen LogP contribution in [0.2, 0.25) is 0 Å². The van der Waals surface area contributed by atoms with Crippen molar-refractivity contribution in [3.8, 4) is 0 Å². The van der Waals surface area contributed by atoms with Gasteiger partial charge >= 0.3 is 5.97 Å². The maximum absolute atomic E-state index is 12.9. The number of halogens is 1. The van der Waals surface area contributed by atoms with Crippen LogP contribution in [0.5, 0.6) is 0 Å². The average Bonchev–Trinajstić information content (AvgIpc) is 2.84. The third-order valence-electron chi connectivity index (χ3n) is 3.32. The Morgan fingerprint density at radius 3 is 2.55 bits per heavy atom. The SMILES string of the molecule is CCOC(=O)C1C(C)NNC1S(=O)(=O)Nc1ccc(F)cc1. The summed E-state index contributed by atoms with van der Waals surface area (Å²) in [7, 11) is -3.92. The van der Waals surface area contributed by atoms with Gasteiger partial charge in [-0.25, -0.2) is 18.2 Å². The summed E-state index contributed by atoms with van der Waals surface area (Å²) in [6.45, 7) is 3.50. The molecule has 1 aliphatic rings. The first-order chi connectivity index (χ1) is 10.3. The van der Waals surface area contributed by atoms with E-state index < -0.39 is 39.1 Å². The Labute approximate surface area is 128 Å². The smallest absolute Gasteiger partial charge is 0.313 e. The number of benzene rings is 1. The van der Waals surface area contributed by atoms with Crippen molar-refractivity contribution in [2.24, 2.45) is 5.92 Å². The van der Waals surface area contributed by atoms with Crippen molar-refractivity contribution in [1.82, 2.24) is 10.9 Å². The summed E-state index contributed by atoms with van der Waals surface area (Å²) in [5.41, 5.74) is 5.54. The zero-order valence-electron chi connectivity index (χ0n) is 12.2. The number of ether oxygens (including phenoxy) is 1. The molecule has 0 aliphatic carbocycles. The highest BCUT2D eigenvalue weighted by Crippen LogP contribution is 2.23. The van der Waals surface area contributed by atoms with Crippen molar-refractivity contribution < 1.29 is 22.3 Å². The van der Waals surface area contributed by atoms with E-state index >= 15 is 0 Å². The lowest BCUT2D eigenvalue weighted by atomic mass is 10.0. The first-order valence-corrected chi connectivity index (χ1v) is 8.34. The molecule has 1 aromatic rings. The van der Waals surface area contributed by atoms with Crippen molar-refractivity contribution in [2.75, 3.05) is 11.3 Å². The summed E-state index contributed by atoms with van der Waals surface area (Å²) >= 11 is 0. The van der Waals surface area contributed by atoms with Gasteiger partial charge in [0.15, 0.2) is 5.37 Å². The molecule has 1 aliphatic heterocycles. The molecule has 1 saturated heterocycles. The molecule has 7 nitrogen and oxygen atoms in total. The topological polar surface area (TPSA) is 96.5 Å². The van der Waals surface area contributed by atoms with Crippen LogP contribution >= 0.6 is 0 Å². The molecule has 122 valence electrons. The van der Waals surface area contributed by atoms with Gasteiger partial charge in [-0.3, -0.25) is 14.9 Å². The number of rotatable bonds is 5. The third kappa shape index (κ3) is 3.54. The van der Waals surface area contributed by atoms with Gasteiger partial charge in [0.25, 0.3) is 10.0 Å². The van der Waals surface area contributed by atoms with E-state index in [2.05, 4.69) is 15.6 Å². The van der Waals surface area contributed by atoms with Crippen molar-refractivity contribution >= 4 is 21.7 Å². The number of sulfonamides is 1. The van der Waals surface area contributed by atoms with Gasteiger partial charge in [-0.2, -0.15) is 0 Å². The summed E-state index contributed by atoms with van der Waals surface area (Å²) in [5.74, 6) is -1.96. The zero-order chi connectivity index (χ0) is 16.3. The minimum absolute atomic E-state index is 0.167. The van der Waals surface area contributed by atoms with Gasteiger partial charge in [0.2, 0.25) is 0 Å². The van der Waals surface area contributed by atoms with Crippen LogP contribution in [-0.4, -0.2) is 32.4 Å². The number of anilines is 1. The molecule has 0 radical (unpaired) electrons. The van der Waals surface area contributed by atoms with Gasteiger partial charge in [-0.05, 0) is 38.1 Å². The molecule has 3 N–H and O–H groups in total. The second-order valence-corrected chi connectivity index (χ2v) is 6.73. The molecule has 0 spiro atoms. The van der Waals surface area contributed by atoms with E-state index in [1.807, 2.05) is 0 Å². The number of carbonyl (C=O) groups is 1. The second-order valence-electron chi connectivity index (χ2n) is 4.93. The van der Waals surface area contributed by atoms with Crippen LogP contribution in [0, 0.1) is 11.7 Å². The molecular weight excluding hydrogens is 313 g/mol. The lowest BCUT2D eigenvalue weighted by molar-refractivity contribution is -0.148. The van der Waals surface area contributed by atoms with E-state index in [4.69, 9.17) is 4.74 Å². The van der Waals surface area contributed by atoms with E-state index in [1.54, 1.807) is 13.8 Å². The van der Waals surface area contributed by atoms with Gasteiger partial charge in [-0.15, -0.1) is 0 Å². The Balaban J connectivity index is 2.20. The molecule has 0 amide bonds.